The van der Waals surface area contributed by atoms with E-state index in [0.29, 0.717) is 33.5 Å². The molecule has 0 spiro atoms. The van der Waals surface area contributed by atoms with Crippen molar-refractivity contribution in [3.8, 4) is 0 Å². The summed E-state index contributed by atoms with van der Waals surface area (Å²) in [5, 5.41) is 14.3. The van der Waals surface area contributed by atoms with Gasteiger partial charge in [-0.3, -0.25) is 4.79 Å². The maximum Gasteiger partial charge on any atom is 0.340 e. The Hall–Kier alpha value is -3.45. The van der Waals surface area contributed by atoms with Crippen LogP contribution < -0.4 is 10.6 Å². The summed E-state index contributed by atoms with van der Waals surface area (Å²) in [7, 11) is 0. The van der Waals surface area contributed by atoms with E-state index in [0.717, 1.165) is 0 Å². The molecule has 0 fully saturated rings. The van der Waals surface area contributed by atoms with Crippen LogP contribution in [0.5, 0.6) is 0 Å². The minimum atomic E-state index is -0.426. The predicted molar refractivity (Wildman–Crippen MR) is 107 cm³/mol. The van der Waals surface area contributed by atoms with Crippen molar-refractivity contribution in [3.05, 3.63) is 76.8 Å². The van der Waals surface area contributed by atoms with Crippen LogP contribution in [0.2, 0.25) is 5.02 Å². The second-order valence-corrected chi connectivity index (χ2v) is 6.09. The zero-order valence-corrected chi connectivity index (χ0v) is 15.7. The molecule has 0 aliphatic rings. The minimum absolute atomic E-state index is 0.287. The molecule has 142 valence electrons. The Morgan fingerprint density at radius 2 is 1.64 bits per heavy atom. The van der Waals surface area contributed by atoms with Gasteiger partial charge < -0.3 is 15.4 Å². The lowest BCUT2D eigenvalue weighted by Gasteiger charge is -2.10. The Kier molecular flexibility index (Phi) is 6.18. The zero-order chi connectivity index (χ0) is 19.9. The first-order valence-electron chi connectivity index (χ1n) is 8.50. The monoisotopic (exact) mass is 396 g/mol. The van der Waals surface area contributed by atoms with E-state index in [1.54, 1.807) is 67.6 Å². The topological polar surface area (TPSA) is 93.2 Å². The standard InChI is InChI=1S/C20H17ClN4O3/c1-2-28-20(27)15-5-3-4-6-16(15)22-17-11-12-18(25-24-17)23-19(26)13-7-9-14(21)10-8-13/h3-12H,2H2,1H3,(H,22,24)(H,23,25,26). The molecule has 7 nitrogen and oxygen atoms in total. The van der Waals surface area contributed by atoms with Crippen molar-refractivity contribution in [2.24, 2.45) is 0 Å². The highest BCUT2D eigenvalue weighted by Crippen LogP contribution is 2.21. The maximum atomic E-state index is 12.2. The van der Waals surface area contributed by atoms with Crippen LogP contribution in [0.25, 0.3) is 0 Å². The fourth-order valence-electron chi connectivity index (χ4n) is 2.37. The first-order chi connectivity index (χ1) is 13.6. The van der Waals surface area contributed by atoms with Crippen LogP contribution in [0.1, 0.15) is 27.6 Å². The SMILES string of the molecule is CCOC(=O)c1ccccc1Nc1ccc(NC(=O)c2ccc(Cl)cc2)nn1. The molecule has 1 amide bonds. The first kappa shape index (κ1) is 19.3. The highest BCUT2D eigenvalue weighted by Gasteiger charge is 2.13. The number of nitrogens with zero attached hydrogens (tertiary/aromatic N) is 2. The van der Waals surface area contributed by atoms with E-state index in [1.807, 2.05) is 0 Å². The van der Waals surface area contributed by atoms with Gasteiger partial charge in [0.2, 0.25) is 0 Å². The number of ether oxygens (including phenoxy) is 1. The van der Waals surface area contributed by atoms with Crippen LogP contribution in [0.15, 0.2) is 60.7 Å². The first-order valence-corrected chi connectivity index (χ1v) is 8.88. The largest absolute Gasteiger partial charge is 0.462 e. The van der Waals surface area contributed by atoms with Crippen molar-refractivity contribution >= 4 is 40.8 Å². The molecule has 8 heteroatoms. The highest BCUT2D eigenvalue weighted by atomic mass is 35.5. The average Bonchev–Trinajstić information content (AvgIpc) is 2.70. The third-order valence-electron chi connectivity index (χ3n) is 3.70. The van der Waals surface area contributed by atoms with Gasteiger partial charge in [0.25, 0.3) is 5.91 Å². The van der Waals surface area contributed by atoms with Crippen molar-refractivity contribution < 1.29 is 14.3 Å². The summed E-state index contributed by atoms with van der Waals surface area (Å²) in [6.45, 7) is 2.03. The van der Waals surface area contributed by atoms with Gasteiger partial charge in [-0.15, -0.1) is 10.2 Å². The molecule has 0 atom stereocenters. The van der Waals surface area contributed by atoms with Gasteiger partial charge in [-0.2, -0.15) is 0 Å². The van der Waals surface area contributed by atoms with Gasteiger partial charge >= 0.3 is 5.97 Å². The lowest BCUT2D eigenvalue weighted by molar-refractivity contribution is 0.0527. The number of hydrogen-bond acceptors (Lipinski definition) is 6. The Morgan fingerprint density at radius 3 is 2.32 bits per heavy atom. The van der Waals surface area contributed by atoms with Gasteiger partial charge in [-0.1, -0.05) is 23.7 Å². The van der Waals surface area contributed by atoms with Crippen molar-refractivity contribution in [1.82, 2.24) is 10.2 Å². The van der Waals surface area contributed by atoms with Crippen LogP contribution in [0, 0.1) is 0 Å². The quantitative estimate of drug-likeness (QED) is 0.603. The number of carbonyl (C=O) groups excluding carboxylic acids is 2. The molecule has 0 saturated heterocycles. The number of carbonyl (C=O) groups is 2. The molecule has 3 rings (SSSR count). The normalized spacial score (nSPS) is 10.2. The van der Waals surface area contributed by atoms with Gasteiger partial charge in [-0.05, 0) is 55.5 Å². The summed E-state index contributed by atoms with van der Waals surface area (Å²) in [6.07, 6.45) is 0. The number of rotatable bonds is 6. The molecular formula is C20H17ClN4O3. The van der Waals surface area contributed by atoms with Gasteiger partial charge in [0, 0.05) is 10.6 Å². The fraction of sp³-hybridized carbons (Fsp3) is 0.100. The Bertz CT molecular complexity index is 976. The van der Waals surface area contributed by atoms with Crippen molar-refractivity contribution in [2.75, 3.05) is 17.2 Å². The van der Waals surface area contributed by atoms with E-state index in [1.165, 1.54) is 0 Å². The number of halogens is 1. The summed E-state index contributed by atoms with van der Waals surface area (Å²) < 4.78 is 5.05. The zero-order valence-electron chi connectivity index (χ0n) is 15.0. The van der Waals surface area contributed by atoms with E-state index in [9.17, 15) is 9.59 Å². The Morgan fingerprint density at radius 1 is 0.964 bits per heavy atom. The third-order valence-corrected chi connectivity index (χ3v) is 3.95. The lowest BCUT2D eigenvalue weighted by Crippen LogP contribution is -2.13. The maximum absolute atomic E-state index is 12.2. The van der Waals surface area contributed by atoms with Crippen molar-refractivity contribution in [1.29, 1.82) is 0 Å². The molecule has 0 unspecified atom stereocenters. The number of amides is 1. The van der Waals surface area contributed by atoms with Crippen LogP contribution in [-0.4, -0.2) is 28.7 Å². The molecule has 0 aliphatic carbocycles. The number of aromatic nitrogens is 2. The van der Waals surface area contributed by atoms with Crippen LogP contribution in [-0.2, 0) is 4.74 Å². The minimum Gasteiger partial charge on any atom is -0.462 e. The average molecular weight is 397 g/mol. The molecule has 3 aromatic rings. The number of hydrogen-bond donors (Lipinski definition) is 2. The Labute approximate surface area is 166 Å². The summed E-state index contributed by atoms with van der Waals surface area (Å²) in [5.41, 5.74) is 1.40. The van der Waals surface area contributed by atoms with Crippen LogP contribution in [0.3, 0.4) is 0 Å². The van der Waals surface area contributed by atoms with Crippen LogP contribution in [0.4, 0.5) is 17.3 Å². The highest BCUT2D eigenvalue weighted by molar-refractivity contribution is 6.30. The molecular weight excluding hydrogens is 380 g/mol. The van der Waals surface area contributed by atoms with Gasteiger partial charge in [0.15, 0.2) is 11.6 Å². The summed E-state index contributed by atoms with van der Waals surface area (Å²) >= 11 is 5.82. The van der Waals surface area contributed by atoms with E-state index in [2.05, 4.69) is 20.8 Å². The molecule has 0 radical (unpaired) electrons. The number of esters is 1. The summed E-state index contributed by atoms with van der Waals surface area (Å²) in [5.74, 6) is -0.0323. The predicted octanol–water partition coefficient (Wildman–Crippen LogP) is 4.30. The second-order valence-electron chi connectivity index (χ2n) is 5.66. The number of nitrogens with one attached hydrogen (secondary N) is 2. The van der Waals surface area contributed by atoms with E-state index in [4.69, 9.17) is 16.3 Å². The van der Waals surface area contributed by atoms with Crippen LogP contribution >= 0.6 is 11.6 Å². The molecule has 1 heterocycles. The van der Waals surface area contributed by atoms with E-state index < -0.39 is 5.97 Å². The van der Waals surface area contributed by atoms with Crippen molar-refractivity contribution in [3.63, 3.8) is 0 Å². The molecule has 2 N–H and O–H groups in total. The number of para-hydroxylation sites is 1. The van der Waals surface area contributed by atoms with Gasteiger partial charge in [0.1, 0.15) is 0 Å². The number of anilines is 3. The molecule has 0 aliphatic heterocycles. The smallest absolute Gasteiger partial charge is 0.340 e. The van der Waals surface area contributed by atoms with Crippen molar-refractivity contribution in [2.45, 2.75) is 6.92 Å². The molecule has 28 heavy (non-hydrogen) atoms. The molecule has 1 aromatic heterocycles. The summed E-state index contributed by atoms with van der Waals surface area (Å²) in [4.78, 5) is 24.2. The van der Waals surface area contributed by atoms with E-state index >= 15 is 0 Å². The lowest BCUT2D eigenvalue weighted by atomic mass is 10.2. The molecule has 2 aromatic carbocycles. The number of benzene rings is 2. The van der Waals surface area contributed by atoms with Gasteiger partial charge in [-0.25, -0.2) is 4.79 Å². The van der Waals surface area contributed by atoms with E-state index in [-0.39, 0.29) is 12.5 Å². The molecule has 0 saturated carbocycles. The Balaban J connectivity index is 1.69. The van der Waals surface area contributed by atoms with Gasteiger partial charge in [0.05, 0.1) is 17.9 Å². The molecule has 0 bridgehead atoms. The second kappa shape index (κ2) is 8.96. The third kappa shape index (κ3) is 4.83. The summed E-state index contributed by atoms with van der Waals surface area (Å²) in [6, 6.07) is 16.7. The fourth-order valence-corrected chi connectivity index (χ4v) is 2.50.